The Balaban J connectivity index is 3.08. The number of carboxylic acids is 2. The van der Waals surface area contributed by atoms with E-state index in [1.807, 2.05) is 0 Å². The number of carboxylic acid groups (broad SMARTS) is 2. The Morgan fingerprint density at radius 1 is 1.33 bits per heavy atom. The maximum absolute atomic E-state index is 10.8. The highest BCUT2D eigenvalue weighted by Crippen LogP contribution is 2.16. The van der Waals surface area contributed by atoms with E-state index < -0.39 is 17.9 Å². The van der Waals surface area contributed by atoms with Gasteiger partial charge in [-0.2, -0.15) is 0 Å². The standard InChI is InChI=1S/C10H11NO4/c11-5-8(10(14)15)6-2-1-3-7(4-6)9(12)13/h1-4,8H,5,11H2,(H,12,13)(H,14,15). The number of benzene rings is 1. The van der Waals surface area contributed by atoms with Gasteiger partial charge in [0, 0.05) is 6.54 Å². The minimum Gasteiger partial charge on any atom is -0.481 e. The quantitative estimate of drug-likeness (QED) is 0.670. The maximum atomic E-state index is 10.8. The lowest BCUT2D eigenvalue weighted by Gasteiger charge is -2.10. The lowest BCUT2D eigenvalue weighted by atomic mass is 9.97. The van der Waals surface area contributed by atoms with E-state index in [2.05, 4.69) is 0 Å². The van der Waals surface area contributed by atoms with Crippen LogP contribution >= 0.6 is 0 Å². The first-order valence-corrected chi connectivity index (χ1v) is 4.32. The van der Waals surface area contributed by atoms with Gasteiger partial charge in [0.05, 0.1) is 11.5 Å². The number of aliphatic carboxylic acids is 1. The van der Waals surface area contributed by atoms with E-state index in [-0.39, 0.29) is 12.1 Å². The molecule has 5 nitrogen and oxygen atoms in total. The van der Waals surface area contributed by atoms with Crippen LogP contribution < -0.4 is 5.73 Å². The summed E-state index contributed by atoms with van der Waals surface area (Å²) in [5.74, 6) is -3.00. The van der Waals surface area contributed by atoms with Crippen molar-refractivity contribution in [2.75, 3.05) is 6.54 Å². The van der Waals surface area contributed by atoms with Gasteiger partial charge in [0.1, 0.15) is 0 Å². The van der Waals surface area contributed by atoms with E-state index in [0.29, 0.717) is 5.56 Å². The lowest BCUT2D eigenvalue weighted by molar-refractivity contribution is -0.138. The van der Waals surface area contributed by atoms with Crippen molar-refractivity contribution >= 4 is 11.9 Å². The molecule has 5 heteroatoms. The number of nitrogens with two attached hydrogens (primary N) is 1. The van der Waals surface area contributed by atoms with Crippen molar-refractivity contribution in [3.63, 3.8) is 0 Å². The molecule has 0 heterocycles. The lowest BCUT2D eigenvalue weighted by Crippen LogP contribution is -2.21. The van der Waals surface area contributed by atoms with Crippen LogP contribution in [0.25, 0.3) is 0 Å². The monoisotopic (exact) mass is 209 g/mol. The first-order valence-electron chi connectivity index (χ1n) is 4.32. The van der Waals surface area contributed by atoms with Crippen molar-refractivity contribution in [1.29, 1.82) is 0 Å². The molecule has 0 aliphatic carbocycles. The zero-order valence-electron chi connectivity index (χ0n) is 7.88. The molecule has 0 aromatic heterocycles. The van der Waals surface area contributed by atoms with Crippen LogP contribution in [0, 0.1) is 0 Å². The molecule has 4 N–H and O–H groups in total. The largest absolute Gasteiger partial charge is 0.481 e. The third kappa shape index (κ3) is 2.54. The van der Waals surface area contributed by atoms with E-state index in [1.54, 1.807) is 6.07 Å². The summed E-state index contributed by atoms with van der Waals surface area (Å²) >= 11 is 0. The Bertz CT molecular complexity index is 389. The fourth-order valence-corrected chi connectivity index (χ4v) is 1.27. The van der Waals surface area contributed by atoms with Crippen molar-refractivity contribution in [2.24, 2.45) is 5.73 Å². The van der Waals surface area contributed by atoms with Crippen molar-refractivity contribution < 1.29 is 19.8 Å². The first-order chi connectivity index (χ1) is 7.06. The Morgan fingerprint density at radius 3 is 2.47 bits per heavy atom. The number of hydrogen-bond acceptors (Lipinski definition) is 3. The molecule has 0 radical (unpaired) electrons. The summed E-state index contributed by atoms with van der Waals surface area (Å²) in [6.07, 6.45) is 0. The fourth-order valence-electron chi connectivity index (χ4n) is 1.27. The molecule has 0 fully saturated rings. The SMILES string of the molecule is NCC(C(=O)O)c1cccc(C(=O)O)c1. The van der Waals surface area contributed by atoms with Crippen molar-refractivity contribution in [3.05, 3.63) is 35.4 Å². The second-order valence-corrected chi connectivity index (χ2v) is 3.06. The molecule has 1 aromatic rings. The zero-order valence-corrected chi connectivity index (χ0v) is 7.88. The van der Waals surface area contributed by atoms with Crippen molar-refractivity contribution in [1.82, 2.24) is 0 Å². The van der Waals surface area contributed by atoms with Gasteiger partial charge >= 0.3 is 11.9 Å². The summed E-state index contributed by atoms with van der Waals surface area (Å²) in [4.78, 5) is 21.4. The number of hydrogen-bond donors (Lipinski definition) is 3. The van der Waals surface area contributed by atoms with Gasteiger partial charge in [-0.15, -0.1) is 0 Å². The van der Waals surface area contributed by atoms with Gasteiger partial charge in [0.2, 0.25) is 0 Å². The first kappa shape index (κ1) is 11.2. The van der Waals surface area contributed by atoms with Crippen molar-refractivity contribution in [2.45, 2.75) is 5.92 Å². The fraction of sp³-hybridized carbons (Fsp3) is 0.200. The molecule has 0 aliphatic heterocycles. The molecule has 1 aromatic carbocycles. The smallest absolute Gasteiger partial charge is 0.335 e. The van der Waals surface area contributed by atoms with Crippen LogP contribution in [-0.4, -0.2) is 28.7 Å². The van der Waals surface area contributed by atoms with E-state index in [0.717, 1.165) is 0 Å². The summed E-state index contributed by atoms with van der Waals surface area (Å²) in [7, 11) is 0. The maximum Gasteiger partial charge on any atom is 0.335 e. The topological polar surface area (TPSA) is 101 Å². The third-order valence-corrected chi connectivity index (χ3v) is 2.07. The molecular formula is C10H11NO4. The Kier molecular flexibility index (Phi) is 3.41. The van der Waals surface area contributed by atoms with Gasteiger partial charge in [-0.3, -0.25) is 4.79 Å². The van der Waals surface area contributed by atoms with Crippen LogP contribution in [0.4, 0.5) is 0 Å². The second kappa shape index (κ2) is 4.56. The van der Waals surface area contributed by atoms with Gasteiger partial charge in [-0.05, 0) is 17.7 Å². The summed E-state index contributed by atoms with van der Waals surface area (Å²) in [5, 5.41) is 17.6. The van der Waals surface area contributed by atoms with Crippen LogP contribution in [0.15, 0.2) is 24.3 Å². The molecule has 0 bridgehead atoms. The Labute approximate surface area is 86.1 Å². The van der Waals surface area contributed by atoms with Crippen LogP contribution in [0.3, 0.4) is 0 Å². The molecule has 0 amide bonds. The van der Waals surface area contributed by atoms with E-state index >= 15 is 0 Å². The van der Waals surface area contributed by atoms with Gasteiger partial charge in [0.25, 0.3) is 0 Å². The molecule has 80 valence electrons. The molecule has 1 atom stereocenters. The minimum absolute atomic E-state index is 0.0571. The highest BCUT2D eigenvalue weighted by Gasteiger charge is 2.18. The molecule has 0 aliphatic rings. The molecular weight excluding hydrogens is 198 g/mol. The highest BCUT2D eigenvalue weighted by atomic mass is 16.4. The number of rotatable bonds is 4. The molecule has 0 spiro atoms. The third-order valence-electron chi connectivity index (χ3n) is 2.07. The van der Waals surface area contributed by atoms with Crippen LogP contribution in [0.2, 0.25) is 0 Å². The predicted octanol–water partition coefficient (Wildman–Crippen LogP) is 0.512. The Hall–Kier alpha value is -1.88. The minimum atomic E-state index is -1.09. The number of carbonyl (C=O) groups is 2. The van der Waals surface area contributed by atoms with E-state index in [4.69, 9.17) is 15.9 Å². The van der Waals surface area contributed by atoms with E-state index in [9.17, 15) is 9.59 Å². The molecule has 1 rings (SSSR count). The van der Waals surface area contributed by atoms with Crippen molar-refractivity contribution in [3.8, 4) is 0 Å². The average Bonchev–Trinajstić information content (AvgIpc) is 2.18. The Morgan fingerprint density at radius 2 is 2.00 bits per heavy atom. The normalized spacial score (nSPS) is 12.1. The van der Waals surface area contributed by atoms with Gasteiger partial charge in [-0.25, -0.2) is 4.79 Å². The highest BCUT2D eigenvalue weighted by molar-refractivity contribution is 5.88. The van der Waals surface area contributed by atoms with Crippen LogP contribution in [0.1, 0.15) is 21.8 Å². The van der Waals surface area contributed by atoms with Gasteiger partial charge in [-0.1, -0.05) is 12.1 Å². The predicted molar refractivity (Wildman–Crippen MR) is 52.8 cm³/mol. The van der Waals surface area contributed by atoms with Crippen LogP contribution in [0.5, 0.6) is 0 Å². The average molecular weight is 209 g/mol. The molecule has 1 unspecified atom stereocenters. The molecule has 15 heavy (non-hydrogen) atoms. The number of aromatic carboxylic acids is 1. The summed E-state index contributed by atoms with van der Waals surface area (Å²) in [5.41, 5.74) is 5.77. The molecule has 0 saturated carbocycles. The van der Waals surface area contributed by atoms with Gasteiger partial charge in [0.15, 0.2) is 0 Å². The van der Waals surface area contributed by atoms with E-state index in [1.165, 1.54) is 18.2 Å². The van der Waals surface area contributed by atoms with Crippen LogP contribution in [-0.2, 0) is 4.79 Å². The zero-order chi connectivity index (χ0) is 11.4. The van der Waals surface area contributed by atoms with Gasteiger partial charge < -0.3 is 15.9 Å². The second-order valence-electron chi connectivity index (χ2n) is 3.06. The summed E-state index contributed by atoms with van der Waals surface area (Å²) < 4.78 is 0. The summed E-state index contributed by atoms with van der Waals surface area (Å²) in [6, 6.07) is 5.79. The summed E-state index contributed by atoms with van der Waals surface area (Å²) in [6.45, 7) is -0.0571. The molecule has 0 saturated heterocycles.